The Morgan fingerprint density at radius 3 is 2.50 bits per heavy atom. The summed E-state index contributed by atoms with van der Waals surface area (Å²) < 4.78 is 0.968. The zero-order chi connectivity index (χ0) is 18.4. The molecule has 1 aliphatic heterocycles. The lowest BCUT2D eigenvalue weighted by Gasteiger charge is -2.37. The Hall–Kier alpha value is -1.69. The van der Waals surface area contributed by atoms with E-state index in [1.54, 1.807) is 0 Å². The van der Waals surface area contributed by atoms with Gasteiger partial charge in [0.05, 0.1) is 6.04 Å². The smallest absolute Gasteiger partial charge is 0.241 e. The Bertz CT molecular complexity index is 714. The zero-order valence-electron chi connectivity index (χ0n) is 15.2. The molecule has 1 saturated heterocycles. The van der Waals surface area contributed by atoms with E-state index in [0.29, 0.717) is 0 Å². The average molecular weight is 416 g/mol. The maximum Gasteiger partial charge on any atom is 0.241 e. The number of hydrogen-bond acceptors (Lipinski definition) is 3. The Morgan fingerprint density at radius 1 is 1.08 bits per heavy atom. The molecule has 1 unspecified atom stereocenters. The molecular weight excluding hydrogens is 390 g/mol. The van der Waals surface area contributed by atoms with Crippen LogP contribution in [0.2, 0.25) is 0 Å². The average Bonchev–Trinajstić information content (AvgIpc) is 2.67. The summed E-state index contributed by atoms with van der Waals surface area (Å²) in [6, 6.07) is 18.2. The fraction of sp³-hybridized carbons (Fsp3) is 0.381. The number of carbonyl (C=O) groups is 1. The van der Waals surface area contributed by atoms with Crippen LogP contribution in [0.5, 0.6) is 0 Å². The lowest BCUT2D eigenvalue weighted by molar-refractivity contribution is -0.121. The van der Waals surface area contributed by atoms with Crippen LogP contribution in [0.1, 0.15) is 12.5 Å². The number of nitrogens with one attached hydrogen (secondary N) is 1. The Morgan fingerprint density at radius 2 is 1.81 bits per heavy atom. The first-order valence-electron chi connectivity index (χ1n) is 9.18. The highest BCUT2D eigenvalue weighted by atomic mass is 79.9. The van der Waals surface area contributed by atoms with Crippen LogP contribution in [0.4, 0.5) is 5.69 Å². The van der Waals surface area contributed by atoms with E-state index in [9.17, 15) is 4.79 Å². The normalized spacial score (nSPS) is 17.0. The van der Waals surface area contributed by atoms with Gasteiger partial charge in [0.15, 0.2) is 0 Å². The molecule has 0 aliphatic carbocycles. The second-order valence-electron chi connectivity index (χ2n) is 6.79. The molecular formula is C21H26BrN3O. The SMILES string of the molecule is CC(C(=O)Nc1cccc(Br)c1)N1CCN(CCc2ccccc2)CC1. The van der Waals surface area contributed by atoms with Crippen molar-refractivity contribution in [2.24, 2.45) is 0 Å². The minimum absolute atomic E-state index is 0.0563. The Labute approximate surface area is 164 Å². The largest absolute Gasteiger partial charge is 0.325 e. The first-order valence-corrected chi connectivity index (χ1v) is 9.98. The maximum absolute atomic E-state index is 12.5. The summed E-state index contributed by atoms with van der Waals surface area (Å²) in [5.74, 6) is 0.0563. The maximum atomic E-state index is 12.5. The molecule has 0 aromatic heterocycles. The zero-order valence-corrected chi connectivity index (χ0v) is 16.8. The van der Waals surface area contributed by atoms with Gasteiger partial charge in [-0.3, -0.25) is 9.69 Å². The van der Waals surface area contributed by atoms with Crippen molar-refractivity contribution in [1.29, 1.82) is 0 Å². The standard InChI is InChI=1S/C21H26BrN3O/c1-17(21(26)23-20-9-5-8-19(22)16-20)25-14-12-24(13-15-25)11-10-18-6-3-2-4-7-18/h2-9,16-17H,10-15H2,1H3,(H,23,26). The molecule has 4 nitrogen and oxygen atoms in total. The van der Waals surface area contributed by atoms with E-state index < -0.39 is 0 Å². The number of piperazine rings is 1. The minimum atomic E-state index is -0.120. The fourth-order valence-electron chi connectivity index (χ4n) is 3.28. The van der Waals surface area contributed by atoms with E-state index in [4.69, 9.17) is 0 Å². The van der Waals surface area contributed by atoms with Crippen LogP contribution in [0.25, 0.3) is 0 Å². The van der Waals surface area contributed by atoms with Crippen molar-refractivity contribution in [2.45, 2.75) is 19.4 Å². The molecule has 1 fully saturated rings. The third-order valence-electron chi connectivity index (χ3n) is 4.99. The van der Waals surface area contributed by atoms with Gasteiger partial charge >= 0.3 is 0 Å². The molecule has 0 spiro atoms. The predicted octanol–water partition coefficient (Wildman–Crippen LogP) is 3.64. The molecule has 1 atom stereocenters. The number of rotatable bonds is 6. The van der Waals surface area contributed by atoms with Crippen molar-refractivity contribution in [3.63, 3.8) is 0 Å². The summed E-state index contributed by atoms with van der Waals surface area (Å²) in [4.78, 5) is 17.3. The van der Waals surface area contributed by atoms with Gasteiger partial charge in [-0.05, 0) is 37.1 Å². The highest BCUT2D eigenvalue weighted by Gasteiger charge is 2.25. The molecule has 5 heteroatoms. The van der Waals surface area contributed by atoms with Gasteiger partial charge in [-0.15, -0.1) is 0 Å². The quantitative estimate of drug-likeness (QED) is 0.781. The number of hydrogen-bond donors (Lipinski definition) is 1. The van der Waals surface area contributed by atoms with Gasteiger partial charge in [0, 0.05) is 42.9 Å². The Balaban J connectivity index is 1.44. The molecule has 0 bridgehead atoms. The van der Waals surface area contributed by atoms with E-state index >= 15 is 0 Å². The first kappa shape index (κ1) is 19.1. The number of nitrogens with zero attached hydrogens (tertiary/aromatic N) is 2. The van der Waals surface area contributed by atoms with E-state index in [-0.39, 0.29) is 11.9 Å². The number of benzene rings is 2. The van der Waals surface area contributed by atoms with E-state index in [0.717, 1.165) is 49.3 Å². The molecule has 1 N–H and O–H groups in total. The van der Waals surface area contributed by atoms with Gasteiger partial charge in [0.25, 0.3) is 0 Å². The van der Waals surface area contributed by atoms with E-state index in [1.165, 1.54) is 5.56 Å². The van der Waals surface area contributed by atoms with Gasteiger partial charge in [0.1, 0.15) is 0 Å². The third kappa shape index (κ3) is 5.40. The summed E-state index contributed by atoms with van der Waals surface area (Å²) in [6.07, 6.45) is 1.08. The predicted molar refractivity (Wildman–Crippen MR) is 110 cm³/mol. The minimum Gasteiger partial charge on any atom is -0.325 e. The molecule has 1 aliphatic rings. The number of halogens is 1. The monoisotopic (exact) mass is 415 g/mol. The second kappa shape index (κ2) is 9.31. The molecule has 2 aromatic rings. The lowest BCUT2D eigenvalue weighted by Crippen LogP contribution is -2.53. The van der Waals surface area contributed by atoms with Crippen LogP contribution in [0, 0.1) is 0 Å². The van der Waals surface area contributed by atoms with Gasteiger partial charge in [-0.1, -0.05) is 52.3 Å². The molecule has 0 radical (unpaired) electrons. The van der Waals surface area contributed by atoms with Crippen molar-refractivity contribution in [3.05, 3.63) is 64.6 Å². The highest BCUT2D eigenvalue weighted by molar-refractivity contribution is 9.10. The second-order valence-corrected chi connectivity index (χ2v) is 7.70. The molecule has 1 amide bonds. The summed E-state index contributed by atoms with van der Waals surface area (Å²) in [6.45, 7) is 6.97. The van der Waals surface area contributed by atoms with E-state index in [1.807, 2.05) is 31.2 Å². The Kier molecular flexibility index (Phi) is 6.83. The van der Waals surface area contributed by atoms with E-state index in [2.05, 4.69) is 61.4 Å². The number of carbonyl (C=O) groups excluding carboxylic acids is 1. The van der Waals surface area contributed by atoms with Crippen molar-refractivity contribution in [1.82, 2.24) is 9.80 Å². The highest BCUT2D eigenvalue weighted by Crippen LogP contribution is 2.17. The summed E-state index contributed by atoms with van der Waals surface area (Å²) >= 11 is 3.44. The molecule has 1 heterocycles. The molecule has 26 heavy (non-hydrogen) atoms. The molecule has 3 rings (SSSR count). The van der Waals surface area contributed by atoms with Crippen LogP contribution in [-0.2, 0) is 11.2 Å². The van der Waals surface area contributed by atoms with Gasteiger partial charge in [0.2, 0.25) is 5.91 Å². The van der Waals surface area contributed by atoms with Crippen LogP contribution in [-0.4, -0.2) is 54.5 Å². The summed E-state index contributed by atoms with van der Waals surface area (Å²) in [7, 11) is 0. The number of anilines is 1. The van der Waals surface area contributed by atoms with Crippen LogP contribution in [0.3, 0.4) is 0 Å². The summed E-state index contributed by atoms with van der Waals surface area (Å²) in [5, 5.41) is 3.01. The molecule has 2 aromatic carbocycles. The van der Waals surface area contributed by atoms with Crippen molar-refractivity contribution < 1.29 is 4.79 Å². The third-order valence-corrected chi connectivity index (χ3v) is 5.48. The van der Waals surface area contributed by atoms with Crippen LogP contribution < -0.4 is 5.32 Å². The van der Waals surface area contributed by atoms with Crippen molar-refractivity contribution in [3.8, 4) is 0 Å². The fourth-order valence-corrected chi connectivity index (χ4v) is 3.68. The lowest BCUT2D eigenvalue weighted by atomic mass is 10.1. The topological polar surface area (TPSA) is 35.6 Å². The molecule has 138 valence electrons. The van der Waals surface area contributed by atoms with Crippen molar-refractivity contribution >= 4 is 27.5 Å². The number of amides is 1. The van der Waals surface area contributed by atoms with Crippen LogP contribution >= 0.6 is 15.9 Å². The van der Waals surface area contributed by atoms with Gasteiger partial charge in [-0.2, -0.15) is 0 Å². The van der Waals surface area contributed by atoms with Crippen LogP contribution in [0.15, 0.2) is 59.1 Å². The summed E-state index contributed by atoms with van der Waals surface area (Å²) in [5.41, 5.74) is 2.22. The van der Waals surface area contributed by atoms with Gasteiger partial charge < -0.3 is 10.2 Å². The van der Waals surface area contributed by atoms with Crippen molar-refractivity contribution in [2.75, 3.05) is 38.0 Å². The van der Waals surface area contributed by atoms with Gasteiger partial charge in [-0.25, -0.2) is 0 Å². The first-order chi connectivity index (χ1) is 12.6. The molecule has 0 saturated carbocycles.